The van der Waals surface area contributed by atoms with Crippen LogP contribution >= 0.6 is 0 Å². The second-order valence-electron chi connectivity index (χ2n) is 6.57. The molecule has 0 radical (unpaired) electrons. The van der Waals surface area contributed by atoms with Gasteiger partial charge in [0.15, 0.2) is 5.82 Å². The van der Waals surface area contributed by atoms with Crippen molar-refractivity contribution < 1.29 is 9.18 Å². The van der Waals surface area contributed by atoms with Gasteiger partial charge in [0.25, 0.3) is 5.91 Å². The Morgan fingerprint density at radius 2 is 1.88 bits per heavy atom. The maximum atomic E-state index is 14.3. The Balaban J connectivity index is 2.13. The Labute approximate surface area is 152 Å². The second kappa shape index (κ2) is 7.56. The molecule has 0 saturated carbocycles. The van der Waals surface area contributed by atoms with E-state index in [1.165, 1.54) is 16.9 Å². The molecule has 2 heterocycles. The average molecular weight is 354 g/mol. The lowest BCUT2D eigenvalue weighted by molar-refractivity contribution is 0.0745. The number of hydrogen-bond donors (Lipinski definition) is 0. The molecular weight excluding hydrogens is 331 g/mol. The van der Waals surface area contributed by atoms with Crippen LogP contribution in [0.25, 0.3) is 11.5 Å². The SMILES string of the molecule is CCN(CC(C)C)C(=O)c1cnn(-c2ccccc2F)c1-n1cccc1. The molecular formula is C20H23FN4O. The maximum Gasteiger partial charge on any atom is 0.259 e. The van der Waals surface area contributed by atoms with Gasteiger partial charge in [-0.15, -0.1) is 0 Å². The molecule has 0 N–H and O–H groups in total. The number of halogens is 1. The van der Waals surface area contributed by atoms with E-state index in [1.54, 1.807) is 27.7 Å². The molecule has 3 rings (SSSR count). The van der Waals surface area contributed by atoms with Gasteiger partial charge in [0.1, 0.15) is 17.1 Å². The molecule has 0 aliphatic carbocycles. The zero-order valence-corrected chi connectivity index (χ0v) is 15.3. The van der Waals surface area contributed by atoms with Crippen LogP contribution in [0.2, 0.25) is 0 Å². The molecule has 0 fully saturated rings. The molecule has 0 atom stereocenters. The third kappa shape index (κ3) is 3.40. The highest BCUT2D eigenvalue weighted by Crippen LogP contribution is 2.23. The Morgan fingerprint density at radius 1 is 1.19 bits per heavy atom. The van der Waals surface area contributed by atoms with E-state index in [9.17, 15) is 9.18 Å². The molecule has 1 amide bonds. The molecule has 26 heavy (non-hydrogen) atoms. The van der Waals surface area contributed by atoms with Crippen LogP contribution < -0.4 is 0 Å². The van der Waals surface area contributed by atoms with E-state index in [1.807, 2.05) is 31.5 Å². The van der Waals surface area contributed by atoms with Gasteiger partial charge in [0.2, 0.25) is 0 Å². The van der Waals surface area contributed by atoms with Gasteiger partial charge in [0, 0.05) is 25.5 Å². The van der Waals surface area contributed by atoms with Crippen molar-refractivity contribution in [1.82, 2.24) is 19.2 Å². The van der Waals surface area contributed by atoms with Gasteiger partial charge in [0.05, 0.1) is 6.20 Å². The van der Waals surface area contributed by atoms with E-state index in [0.717, 1.165) is 0 Å². The number of para-hydroxylation sites is 1. The van der Waals surface area contributed by atoms with Crippen molar-refractivity contribution in [3.05, 3.63) is 66.4 Å². The van der Waals surface area contributed by atoms with E-state index in [0.29, 0.717) is 36.1 Å². The molecule has 5 nitrogen and oxygen atoms in total. The first-order valence-corrected chi connectivity index (χ1v) is 8.78. The summed E-state index contributed by atoms with van der Waals surface area (Å²) in [7, 11) is 0. The molecule has 136 valence electrons. The van der Waals surface area contributed by atoms with Gasteiger partial charge in [-0.3, -0.25) is 4.79 Å². The number of carbonyl (C=O) groups excluding carboxylic acids is 1. The molecule has 1 aromatic carbocycles. The molecule has 0 unspecified atom stereocenters. The highest BCUT2D eigenvalue weighted by atomic mass is 19.1. The van der Waals surface area contributed by atoms with E-state index in [-0.39, 0.29) is 5.91 Å². The van der Waals surface area contributed by atoms with Gasteiger partial charge in [-0.05, 0) is 37.1 Å². The number of amides is 1. The van der Waals surface area contributed by atoms with Crippen molar-refractivity contribution in [3.63, 3.8) is 0 Å². The summed E-state index contributed by atoms with van der Waals surface area (Å²) in [5.41, 5.74) is 0.758. The van der Waals surface area contributed by atoms with Crippen LogP contribution in [-0.2, 0) is 0 Å². The molecule has 3 aromatic rings. The summed E-state index contributed by atoms with van der Waals surface area (Å²) in [5, 5.41) is 4.33. The minimum atomic E-state index is -0.391. The van der Waals surface area contributed by atoms with Crippen molar-refractivity contribution in [1.29, 1.82) is 0 Å². The summed E-state index contributed by atoms with van der Waals surface area (Å²) < 4.78 is 17.6. The number of rotatable bonds is 6. The summed E-state index contributed by atoms with van der Waals surface area (Å²) >= 11 is 0. The van der Waals surface area contributed by atoms with Gasteiger partial charge >= 0.3 is 0 Å². The second-order valence-corrected chi connectivity index (χ2v) is 6.57. The van der Waals surface area contributed by atoms with Crippen LogP contribution in [0.5, 0.6) is 0 Å². The summed E-state index contributed by atoms with van der Waals surface area (Å²) in [5.74, 6) is 0.396. The van der Waals surface area contributed by atoms with Crippen molar-refractivity contribution in [2.24, 2.45) is 5.92 Å². The molecule has 0 aliphatic rings. The number of nitrogens with zero attached hydrogens (tertiary/aromatic N) is 4. The lowest BCUT2D eigenvalue weighted by Gasteiger charge is -2.23. The average Bonchev–Trinajstić information content (AvgIpc) is 3.28. The first-order valence-electron chi connectivity index (χ1n) is 8.78. The van der Waals surface area contributed by atoms with Gasteiger partial charge in [-0.2, -0.15) is 5.10 Å². The molecule has 0 spiro atoms. The fourth-order valence-electron chi connectivity index (χ4n) is 2.98. The highest BCUT2D eigenvalue weighted by molar-refractivity contribution is 5.97. The van der Waals surface area contributed by atoms with Crippen LogP contribution in [0.15, 0.2) is 55.0 Å². The molecule has 0 aliphatic heterocycles. The van der Waals surface area contributed by atoms with Crippen LogP contribution in [0.1, 0.15) is 31.1 Å². The largest absolute Gasteiger partial charge is 0.339 e. The Morgan fingerprint density at radius 3 is 2.50 bits per heavy atom. The van der Waals surface area contributed by atoms with Crippen molar-refractivity contribution in [3.8, 4) is 11.5 Å². The third-order valence-corrected chi connectivity index (χ3v) is 4.16. The van der Waals surface area contributed by atoms with Crippen LogP contribution in [0.4, 0.5) is 4.39 Å². The maximum absolute atomic E-state index is 14.3. The minimum Gasteiger partial charge on any atom is -0.339 e. The summed E-state index contributed by atoms with van der Waals surface area (Å²) in [6.45, 7) is 7.37. The fourth-order valence-corrected chi connectivity index (χ4v) is 2.98. The predicted molar refractivity (Wildman–Crippen MR) is 99.3 cm³/mol. The molecule has 6 heteroatoms. The van der Waals surface area contributed by atoms with E-state index < -0.39 is 5.82 Å². The van der Waals surface area contributed by atoms with Crippen molar-refractivity contribution >= 4 is 5.91 Å². The van der Waals surface area contributed by atoms with Gasteiger partial charge in [-0.25, -0.2) is 9.07 Å². The van der Waals surface area contributed by atoms with E-state index in [2.05, 4.69) is 18.9 Å². The standard InChI is InChI=1S/C20H23FN4O/c1-4-23(14-15(2)3)20(26)16-13-22-25(18-10-6-5-9-17(18)21)19(16)24-11-7-8-12-24/h5-13,15H,4,14H2,1-3H3. The number of benzene rings is 1. The van der Waals surface area contributed by atoms with E-state index in [4.69, 9.17) is 0 Å². The van der Waals surface area contributed by atoms with Crippen molar-refractivity contribution in [2.45, 2.75) is 20.8 Å². The van der Waals surface area contributed by atoms with Gasteiger partial charge in [-0.1, -0.05) is 26.0 Å². The first-order chi connectivity index (χ1) is 12.5. The van der Waals surface area contributed by atoms with Gasteiger partial charge < -0.3 is 9.47 Å². The molecule has 2 aromatic heterocycles. The number of aromatic nitrogens is 3. The topological polar surface area (TPSA) is 43.1 Å². The minimum absolute atomic E-state index is 0.104. The first kappa shape index (κ1) is 17.9. The Kier molecular flexibility index (Phi) is 5.21. The Hall–Kier alpha value is -2.89. The van der Waals surface area contributed by atoms with E-state index >= 15 is 0 Å². The highest BCUT2D eigenvalue weighted by Gasteiger charge is 2.24. The summed E-state index contributed by atoms with van der Waals surface area (Å²) in [4.78, 5) is 14.9. The predicted octanol–water partition coefficient (Wildman–Crippen LogP) is 3.92. The quantitative estimate of drug-likeness (QED) is 0.673. The zero-order chi connectivity index (χ0) is 18.7. The number of hydrogen-bond acceptors (Lipinski definition) is 2. The van der Waals surface area contributed by atoms with Crippen LogP contribution in [0, 0.1) is 11.7 Å². The lowest BCUT2D eigenvalue weighted by atomic mass is 10.2. The monoisotopic (exact) mass is 354 g/mol. The zero-order valence-electron chi connectivity index (χ0n) is 15.3. The summed E-state index contributed by atoms with van der Waals surface area (Å²) in [6.07, 6.45) is 5.17. The van der Waals surface area contributed by atoms with Crippen molar-refractivity contribution in [2.75, 3.05) is 13.1 Å². The Bertz CT molecular complexity index is 883. The lowest BCUT2D eigenvalue weighted by Crippen LogP contribution is -2.34. The number of carbonyl (C=O) groups is 1. The summed E-state index contributed by atoms with van der Waals surface area (Å²) in [6, 6.07) is 10.1. The smallest absolute Gasteiger partial charge is 0.259 e. The van der Waals surface area contributed by atoms with Crippen LogP contribution in [-0.4, -0.2) is 38.2 Å². The normalized spacial score (nSPS) is 11.1. The van der Waals surface area contributed by atoms with Crippen LogP contribution in [0.3, 0.4) is 0 Å². The molecule has 0 bridgehead atoms. The molecule has 0 saturated heterocycles. The third-order valence-electron chi connectivity index (χ3n) is 4.16. The fraction of sp³-hybridized carbons (Fsp3) is 0.300.